The second-order valence-electron chi connectivity index (χ2n) is 11.2. The van der Waals surface area contributed by atoms with Crippen LogP contribution >= 0.6 is 11.6 Å². The van der Waals surface area contributed by atoms with E-state index in [1.54, 1.807) is 55.6 Å². The highest BCUT2D eigenvalue weighted by Crippen LogP contribution is 2.34. The Hall–Kier alpha value is -5.30. The maximum Gasteiger partial charge on any atom is 0.488 e. The Balaban J connectivity index is 1.15. The molecule has 0 unspecified atom stereocenters. The van der Waals surface area contributed by atoms with Crippen LogP contribution < -0.4 is 20.8 Å². The second-order valence-corrected chi connectivity index (χ2v) is 11.7. The van der Waals surface area contributed by atoms with Gasteiger partial charge in [0.05, 0.1) is 24.9 Å². The highest BCUT2D eigenvalue weighted by atomic mass is 35.5. The molecule has 1 aliphatic rings. The Morgan fingerprint density at radius 3 is 2.38 bits per heavy atom. The number of aliphatic imine (C=N–C) groups is 1. The summed E-state index contributed by atoms with van der Waals surface area (Å²) in [5.41, 5.74) is 5.39. The number of nitrogens with zero attached hydrogens (tertiary/aromatic N) is 4. The summed E-state index contributed by atoms with van der Waals surface area (Å²) >= 11 is 6.19. The molecule has 1 atom stereocenters. The van der Waals surface area contributed by atoms with Crippen LogP contribution in [-0.4, -0.2) is 69.7 Å². The van der Waals surface area contributed by atoms with Gasteiger partial charge >= 0.3 is 7.12 Å². The van der Waals surface area contributed by atoms with E-state index in [4.69, 9.17) is 21.3 Å². The topological polar surface area (TPSA) is 151 Å². The van der Waals surface area contributed by atoms with Crippen LogP contribution in [0.4, 0.5) is 0 Å². The monoisotopic (exact) mass is 662 g/mol. The molecule has 0 spiro atoms. The standard InChI is InChI=1S/C35H32BClN6O5/c1-21-41-42-34-30(40-33(22-9-11-27(37)12-10-22)29-19-28(48-2)13-14-31(29)43(21)34)20-32(44)38-15-16-39-35(45)25-7-3-5-23(17-25)24-6-4-8-26(18-24)36(46)47/h3-14,17-19,30,46-47H,15-16,20H2,1-2H3,(H,38,44)(H,39,45)/t30-/m0/s1. The number of carbonyl (C=O) groups excluding carboxylic acids is 2. The smallest absolute Gasteiger partial charge is 0.488 e. The van der Waals surface area contributed by atoms with Gasteiger partial charge in [0.25, 0.3) is 5.91 Å². The predicted molar refractivity (Wildman–Crippen MR) is 184 cm³/mol. The molecule has 1 aliphatic heterocycles. The Morgan fingerprint density at radius 1 is 0.896 bits per heavy atom. The van der Waals surface area contributed by atoms with Crippen molar-refractivity contribution in [1.29, 1.82) is 0 Å². The minimum Gasteiger partial charge on any atom is -0.497 e. The highest BCUT2D eigenvalue weighted by molar-refractivity contribution is 6.58. The van der Waals surface area contributed by atoms with Gasteiger partial charge in [0.1, 0.15) is 17.6 Å². The Kier molecular flexibility index (Phi) is 9.67. The number of nitrogens with one attached hydrogen (secondary N) is 2. The Bertz CT molecular complexity index is 2010. The Labute approximate surface area is 282 Å². The lowest BCUT2D eigenvalue weighted by Gasteiger charge is -2.14. The maximum atomic E-state index is 13.3. The van der Waals surface area contributed by atoms with E-state index < -0.39 is 13.2 Å². The molecule has 2 heterocycles. The van der Waals surface area contributed by atoms with E-state index in [2.05, 4.69) is 20.8 Å². The van der Waals surface area contributed by atoms with Crippen molar-refractivity contribution in [2.45, 2.75) is 19.4 Å². The van der Waals surface area contributed by atoms with Crippen molar-refractivity contribution in [3.63, 3.8) is 0 Å². The molecule has 0 saturated heterocycles. The molecule has 0 aliphatic carbocycles. The summed E-state index contributed by atoms with van der Waals surface area (Å²) < 4.78 is 7.44. The van der Waals surface area contributed by atoms with E-state index in [9.17, 15) is 19.6 Å². The molecule has 0 saturated carbocycles. The number of benzene rings is 4. The number of fused-ring (bicyclic) bond motifs is 3. The summed E-state index contributed by atoms with van der Waals surface area (Å²) in [5.74, 6) is 1.27. The van der Waals surface area contributed by atoms with Gasteiger partial charge in [-0.2, -0.15) is 0 Å². The first-order valence-electron chi connectivity index (χ1n) is 15.3. The van der Waals surface area contributed by atoms with Gasteiger partial charge in [0.2, 0.25) is 5.91 Å². The zero-order chi connectivity index (χ0) is 33.8. The lowest BCUT2D eigenvalue weighted by Crippen LogP contribution is -2.35. The fourth-order valence-electron chi connectivity index (χ4n) is 5.62. The van der Waals surface area contributed by atoms with Crippen molar-refractivity contribution in [2.24, 2.45) is 4.99 Å². The first kappa shape index (κ1) is 32.6. The van der Waals surface area contributed by atoms with Gasteiger partial charge in [-0.25, -0.2) is 0 Å². The molecule has 2 amide bonds. The summed E-state index contributed by atoms with van der Waals surface area (Å²) in [6.45, 7) is 2.25. The Morgan fingerprint density at radius 2 is 1.62 bits per heavy atom. The third-order valence-corrected chi connectivity index (χ3v) is 8.26. The van der Waals surface area contributed by atoms with Gasteiger partial charge in [-0.1, -0.05) is 60.1 Å². The van der Waals surface area contributed by atoms with Crippen molar-refractivity contribution in [1.82, 2.24) is 25.4 Å². The number of amides is 2. The average Bonchev–Trinajstić information content (AvgIpc) is 3.43. The molecule has 48 heavy (non-hydrogen) atoms. The van der Waals surface area contributed by atoms with E-state index in [1.807, 2.05) is 54.0 Å². The lowest BCUT2D eigenvalue weighted by atomic mass is 9.79. The zero-order valence-corrected chi connectivity index (χ0v) is 27.0. The van der Waals surface area contributed by atoms with Gasteiger partial charge in [0.15, 0.2) is 5.82 Å². The summed E-state index contributed by atoms with van der Waals surface area (Å²) in [4.78, 5) is 31.3. The van der Waals surface area contributed by atoms with E-state index >= 15 is 0 Å². The number of carbonyl (C=O) groups is 2. The first-order valence-corrected chi connectivity index (χ1v) is 15.7. The minimum absolute atomic E-state index is 0.00204. The van der Waals surface area contributed by atoms with Gasteiger partial charge < -0.3 is 25.4 Å². The van der Waals surface area contributed by atoms with Gasteiger partial charge in [0, 0.05) is 34.8 Å². The van der Waals surface area contributed by atoms with Crippen LogP contribution in [0.5, 0.6) is 5.75 Å². The third-order valence-electron chi connectivity index (χ3n) is 8.00. The fraction of sp³-hybridized carbons (Fsp3) is 0.171. The molecule has 5 aromatic rings. The van der Waals surface area contributed by atoms with Crippen molar-refractivity contribution < 1.29 is 24.4 Å². The molecule has 0 fully saturated rings. The van der Waals surface area contributed by atoms with Crippen LogP contribution in [0.3, 0.4) is 0 Å². The zero-order valence-electron chi connectivity index (χ0n) is 26.2. The van der Waals surface area contributed by atoms with Crippen LogP contribution in [0.1, 0.15) is 45.6 Å². The number of rotatable bonds is 10. The summed E-state index contributed by atoms with van der Waals surface area (Å²) in [6.07, 6.45) is -0.00204. The second kappa shape index (κ2) is 14.2. The van der Waals surface area contributed by atoms with Crippen LogP contribution in [0.2, 0.25) is 5.02 Å². The summed E-state index contributed by atoms with van der Waals surface area (Å²) in [7, 11) is 0.0140. The number of aryl methyl sites for hydroxylation is 1. The first-order chi connectivity index (χ1) is 23.2. The van der Waals surface area contributed by atoms with Crippen molar-refractivity contribution in [2.75, 3.05) is 20.2 Å². The van der Waals surface area contributed by atoms with E-state index in [0.717, 1.165) is 27.9 Å². The summed E-state index contributed by atoms with van der Waals surface area (Å²) in [5, 5.41) is 34.1. The third kappa shape index (κ3) is 7.01. The van der Waals surface area contributed by atoms with E-state index in [0.29, 0.717) is 39.2 Å². The van der Waals surface area contributed by atoms with Crippen molar-refractivity contribution in [3.05, 3.63) is 124 Å². The van der Waals surface area contributed by atoms with E-state index in [1.165, 1.54) is 0 Å². The number of ether oxygens (including phenoxy) is 1. The fourth-order valence-corrected chi connectivity index (χ4v) is 5.75. The number of aromatic nitrogens is 3. The molecule has 13 heteroatoms. The van der Waals surface area contributed by atoms with Crippen LogP contribution in [0.25, 0.3) is 16.8 Å². The van der Waals surface area contributed by atoms with E-state index in [-0.39, 0.29) is 31.3 Å². The predicted octanol–water partition coefficient (Wildman–Crippen LogP) is 3.41. The highest BCUT2D eigenvalue weighted by Gasteiger charge is 2.30. The average molecular weight is 663 g/mol. The molecule has 0 radical (unpaired) electrons. The molecule has 4 N–H and O–H groups in total. The quantitative estimate of drug-likeness (QED) is 0.132. The molecule has 0 bridgehead atoms. The number of methoxy groups -OCH3 is 1. The lowest BCUT2D eigenvalue weighted by molar-refractivity contribution is -0.121. The maximum absolute atomic E-state index is 13.3. The SMILES string of the molecule is COc1ccc2c(c1)C(c1ccc(Cl)cc1)=N[C@@H](CC(=O)NCCNC(=O)c1cccc(-c3cccc(B(O)O)c3)c1)c1nnc(C)n1-2. The largest absolute Gasteiger partial charge is 0.497 e. The molecule has 6 rings (SSSR count). The number of hydrogen-bond donors (Lipinski definition) is 4. The number of halogens is 1. The van der Waals surface area contributed by atoms with Crippen molar-refractivity contribution >= 4 is 41.7 Å². The van der Waals surface area contributed by atoms with Crippen LogP contribution in [-0.2, 0) is 4.79 Å². The molecule has 1 aromatic heterocycles. The summed E-state index contributed by atoms with van der Waals surface area (Å²) in [6, 6.07) is 26.2. The normalized spacial score (nSPS) is 13.4. The van der Waals surface area contributed by atoms with Crippen LogP contribution in [0.15, 0.2) is 96.0 Å². The minimum atomic E-state index is -1.59. The number of hydrogen-bond acceptors (Lipinski definition) is 8. The van der Waals surface area contributed by atoms with Gasteiger partial charge in [-0.3, -0.25) is 19.1 Å². The van der Waals surface area contributed by atoms with Crippen molar-refractivity contribution in [3.8, 4) is 22.6 Å². The molecular formula is C35H32BClN6O5. The molecule has 4 aromatic carbocycles. The van der Waals surface area contributed by atoms with Gasteiger partial charge in [-0.05, 0) is 66.0 Å². The molecule has 11 nitrogen and oxygen atoms in total. The van der Waals surface area contributed by atoms with Crippen LogP contribution in [0, 0.1) is 6.92 Å². The molecular weight excluding hydrogens is 631 g/mol. The van der Waals surface area contributed by atoms with Gasteiger partial charge in [-0.15, -0.1) is 10.2 Å². The molecule has 242 valence electrons.